The summed E-state index contributed by atoms with van der Waals surface area (Å²) in [7, 11) is 0. The summed E-state index contributed by atoms with van der Waals surface area (Å²) in [6.45, 7) is 6.56. The zero-order valence-electron chi connectivity index (χ0n) is 37.4. The van der Waals surface area contributed by atoms with Crippen LogP contribution in [0.15, 0.2) is 67.3 Å². The maximum atomic E-state index is 14.3. The monoisotopic (exact) mass is 912 g/mol. The van der Waals surface area contributed by atoms with Crippen molar-refractivity contribution in [1.82, 2.24) is 52.2 Å². The van der Waals surface area contributed by atoms with Gasteiger partial charge < -0.3 is 62.2 Å². The predicted molar refractivity (Wildman–Crippen MR) is 241 cm³/mol. The number of phenols is 1. The van der Waals surface area contributed by atoms with Crippen LogP contribution in [0.3, 0.4) is 0 Å². The molecule has 11 N–H and O–H groups in total. The summed E-state index contributed by atoms with van der Waals surface area (Å²) in [4.78, 5) is 117. The Kier molecular flexibility index (Phi) is 17.9. The van der Waals surface area contributed by atoms with Crippen molar-refractivity contribution in [3.8, 4) is 5.75 Å². The molecular weight excluding hydrogens is 853 g/mol. The van der Waals surface area contributed by atoms with Crippen molar-refractivity contribution < 1.29 is 48.6 Å². The minimum atomic E-state index is -1.67. The molecule has 66 heavy (non-hydrogen) atoms. The molecule has 5 rings (SSSR count). The molecule has 1 fully saturated rings. The number of para-hydroxylation sites is 1. The van der Waals surface area contributed by atoms with Gasteiger partial charge in [-0.3, -0.25) is 33.6 Å². The number of hydrogen-bond donors (Lipinski definition) is 11. The van der Waals surface area contributed by atoms with Crippen molar-refractivity contribution in [2.45, 2.75) is 115 Å². The highest BCUT2D eigenvalue weighted by atomic mass is 16.3. The van der Waals surface area contributed by atoms with Gasteiger partial charge in [0.15, 0.2) is 0 Å². The van der Waals surface area contributed by atoms with Gasteiger partial charge in [0.25, 0.3) is 0 Å². The number of aliphatic hydroxyl groups is 1. The first-order chi connectivity index (χ1) is 31.5. The molecule has 0 unspecified atom stereocenters. The van der Waals surface area contributed by atoms with E-state index in [1.807, 2.05) is 45.9 Å². The van der Waals surface area contributed by atoms with E-state index in [1.54, 1.807) is 12.3 Å². The predicted octanol–water partition coefficient (Wildman–Crippen LogP) is 0.0953. The number of carbonyl (C=O) groups excluding carboxylic acids is 8. The molecule has 0 aliphatic carbocycles. The molecular formula is C46H60N10O10. The van der Waals surface area contributed by atoms with E-state index in [4.69, 9.17) is 0 Å². The van der Waals surface area contributed by atoms with Gasteiger partial charge in [-0.1, -0.05) is 58.0 Å². The summed E-state index contributed by atoms with van der Waals surface area (Å²) in [6.07, 6.45) is 5.78. The Balaban J connectivity index is 1.38. The number of imidazole rings is 1. The average molecular weight is 913 g/mol. The zero-order chi connectivity index (χ0) is 47.9. The second kappa shape index (κ2) is 23.7. The van der Waals surface area contributed by atoms with Crippen LogP contribution in [-0.4, -0.2) is 122 Å². The molecule has 7 amide bonds. The molecule has 20 heteroatoms. The Hall–Kier alpha value is -7.09. The molecule has 0 bridgehead atoms. The number of amides is 7. The van der Waals surface area contributed by atoms with E-state index in [9.17, 15) is 48.6 Å². The first-order valence-electron chi connectivity index (χ1n) is 22.0. The Morgan fingerprint density at radius 1 is 0.727 bits per heavy atom. The quantitative estimate of drug-likeness (QED) is 0.0419. The number of nitrogens with zero attached hydrogens (tertiary/aromatic N) is 1. The fourth-order valence-electron chi connectivity index (χ4n) is 7.64. The molecule has 354 valence electrons. The number of fused-ring (bicyclic) bond motifs is 1. The van der Waals surface area contributed by atoms with E-state index < -0.39 is 84.3 Å². The second-order valence-electron chi connectivity index (χ2n) is 17.4. The second-order valence-corrected chi connectivity index (χ2v) is 17.4. The van der Waals surface area contributed by atoms with E-state index in [2.05, 4.69) is 52.2 Å². The van der Waals surface area contributed by atoms with Gasteiger partial charge in [-0.2, -0.15) is 0 Å². The largest absolute Gasteiger partial charge is 0.508 e. The van der Waals surface area contributed by atoms with Crippen molar-refractivity contribution in [2.75, 3.05) is 6.61 Å². The third kappa shape index (κ3) is 14.5. The average Bonchev–Trinajstić information content (AvgIpc) is 4.06. The number of H-pyrrole nitrogens is 2. The Bertz CT molecular complexity index is 2310. The fraction of sp³-hybridized carbons (Fsp3) is 0.457. The molecule has 0 spiro atoms. The third-order valence-corrected chi connectivity index (χ3v) is 11.0. The molecule has 1 aliphatic rings. The highest BCUT2D eigenvalue weighted by Gasteiger charge is 2.35. The van der Waals surface area contributed by atoms with Gasteiger partial charge in [-0.15, -0.1) is 0 Å². The van der Waals surface area contributed by atoms with Crippen LogP contribution in [0.5, 0.6) is 5.75 Å². The summed E-state index contributed by atoms with van der Waals surface area (Å²) >= 11 is 0. The highest BCUT2D eigenvalue weighted by Crippen LogP contribution is 2.20. The van der Waals surface area contributed by atoms with Crippen LogP contribution in [0, 0.1) is 11.8 Å². The van der Waals surface area contributed by atoms with Gasteiger partial charge in [0.1, 0.15) is 48.3 Å². The summed E-state index contributed by atoms with van der Waals surface area (Å²) in [5.41, 5.74) is 2.36. The SMILES string of the molecule is CC(C)C[C@@H](C=O)NC(=O)[C@@H](CC(C)C)NC(=O)[C@H](Cc1ccc(O)cc1)NC(=O)[C@H](CO)NC(=O)[C@H](Cc1c[nH]c2ccccc12)NC(=O)[C@H](Cc1cnc[nH]1)NC(=O)[C@@H]1CCC(=O)N1. The zero-order valence-corrected chi connectivity index (χ0v) is 37.4. The first-order valence-corrected chi connectivity index (χ1v) is 22.0. The van der Waals surface area contributed by atoms with Crippen molar-refractivity contribution in [1.29, 1.82) is 0 Å². The minimum Gasteiger partial charge on any atom is -0.508 e. The lowest BCUT2D eigenvalue weighted by Gasteiger charge is -2.27. The van der Waals surface area contributed by atoms with Crippen LogP contribution in [0.4, 0.5) is 0 Å². The number of hydrogen-bond acceptors (Lipinski definition) is 11. The van der Waals surface area contributed by atoms with Crippen molar-refractivity contribution in [3.63, 3.8) is 0 Å². The number of benzene rings is 2. The maximum Gasteiger partial charge on any atom is 0.245 e. The number of carbonyl (C=O) groups is 8. The van der Waals surface area contributed by atoms with Gasteiger partial charge in [-0.05, 0) is 60.4 Å². The third-order valence-electron chi connectivity index (χ3n) is 11.0. The number of aromatic nitrogens is 3. The number of rotatable bonds is 24. The maximum absolute atomic E-state index is 14.3. The van der Waals surface area contributed by atoms with Crippen LogP contribution in [-0.2, 0) is 57.6 Å². The van der Waals surface area contributed by atoms with Crippen LogP contribution in [0.25, 0.3) is 10.9 Å². The van der Waals surface area contributed by atoms with Gasteiger partial charge in [0, 0.05) is 54.7 Å². The molecule has 3 heterocycles. The molecule has 7 atom stereocenters. The van der Waals surface area contributed by atoms with E-state index >= 15 is 0 Å². The number of aldehydes is 1. The molecule has 2 aromatic carbocycles. The molecule has 4 aromatic rings. The van der Waals surface area contributed by atoms with Crippen LogP contribution in [0.1, 0.15) is 70.2 Å². The summed E-state index contributed by atoms with van der Waals surface area (Å²) in [6, 6.07) is 4.65. The van der Waals surface area contributed by atoms with Crippen molar-refractivity contribution >= 4 is 58.5 Å². The molecule has 2 aromatic heterocycles. The standard InChI is InChI=1S/C46H60N10O10/c1-25(2)15-30(22-57)50-42(62)35(16-26(3)4)52-43(63)36(17-27-9-11-31(59)12-10-27)53-46(66)39(23-58)56-44(64)37(18-28-20-48-33-8-6-5-7-32(28)33)54-45(65)38(19-29-21-47-24-49-29)55-41(61)34-13-14-40(60)51-34/h5-12,20-22,24-26,30,34-39,48,58-59H,13-19,23H2,1-4H3,(H,47,49)(H,50,62)(H,51,60)(H,52,63)(H,53,66)(H,54,65)(H,55,61)(H,56,64)/t30-,34-,35+,36-,37-,38-,39-/m0/s1. The molecule has 0 saturated carbocycles. The minimum absolute atomic E-state index is 0.0433. The lowest BCUT2D eigenvalue weighted by atomic mass is 9.99. The normalized spacial score (nSPS) is 16.3. The first kappa shape index (κ1) is 49.9. The van der Waals surface area contributed by atoms with Gasteiger partial charge in [-0.25, -0.2) is 4.98 Å². The smallest absolute Gasteiger partial charge is 0.245 e. The summed E-state index contributed by atoms with van der Waals surface area (Å²) in [5.74, 6) is -4.96. The lowest BCUT2D eigenvalue weighted by Crippen LogP contribution is -2.61. The van der Waals surface area contributed by atoms with Crippen LogP contribution < -0.4 is 37.2 Å². The Labute approximate surface area is 381 Å². The van der Waals surface area contributed by atoms with Crippen LogP contribution in [0.2, 0.25) is 0 Å². The topological polar surface area (TPSA) is 306 Å². The number of aromatic hydroxyl groups is 1. The Morgan fingerprint density at radius 2 is 1.32 bits per heavy atom. The Morgan fingerprint density at radius 3 is 1.91 bits per heavy atom. The van der Waals surface area contributed by atoms with Gasteiger partial charge in [0.05, 0.1) is 19.0 Å². The highest BCUT2D eigenvalue weighted by molar-refractivity contribution is 5.98. The lowest BCUT2D eigenvalue weighted by molar-refractivity contribution is -0.136. The molecule has 20 nitrogen and oxygen atoms in total. The van der Waals surface area contributed by atoms with Crippen molar-refractivity contribution in [3.05, 3.63) is 84.1 Å². The number of phenolic OH excluding ortho intramolecular Hbond substituents is 1. The molecule has 0 radical (unpaired) electrons. The van der Waals surface area contributed by atoms with Crippen LogP contribution >= 0.6 is 0 Å². The van der Waals surface area contributed by atoms with Gasteiger partial charge in [0.2, 0.25) is 41.4 Å². The number of aromatic amines is 2. The van der Waals surface area contributed by atoms with Crippen molar-refractivity contribution in [2.24, 2.45) is 11.8 Å². The fourth-order valence-corrected chi connectivity index (χ4v) is 7.64. The summed E-state index contributed by atoms with van der Waals surface area (Å²) in [5, 5.41) is 39.7. The van der Waals surface area contributed by atoms with Gasteiger partial charge >= 0.3 is 0 Å². The van der Waals surface area contributed by atoms with E-state index in [-0.39, 0.29) is 62.0 Å². The molecule has 1 saturated heterocycles. The van der Waals surface area contributed by atoms with E-state index in [1.165, 1.54) is 36.8 Å². The summed E-state index contributed by atoms with van der Waals surface area (Å²) < 4.78 is 0. The molecule has 1 aliphatic heterocycles. The van der Waals surface area contributed by atoms with E-state index in [0.29, 0.717) is 29.5 Å². The van der Waals surface area contributed by atoms with E-state index in [0.717, 1.165) is 10.9 Å². The number of nitrogens with one attached hydrogen (secondary N) is 9. The number of aliphatic hydroxyl groups excluding tert-OH is 1.